The molecule has 1 aromatic heterocycles. The van der Waals surface area contributed by atoms with Gasteiger partial charge in [-0.3, -0.25) is 4.99 Å². The van der Waals surface area contributed by atoms with Crippen LogP contribution in [-0.2, 0) is 0 Å². The number of thioether (sulfide) groups is 1. The van der Waals surface area contributed by atoms with Crippen molar-refractivity contribution < 1.29 is 4.52 Å². The molecular weight excluding hydrogens is 330 g/mol. The van der Waals surface area contributed by atoms with E-state index in [1.54, 1.807) is 11.8 Å². The lowest BCUT2D eigenvalue weighted by atomic mass is 9.99. The molecule has 1 atom stereocenters. The Morgan fingerprint density at radius 3 is 3.00 bits per heavy atom. The van der Waals surface area contributed by atoms with E-state index in [2.05, 4.69) is 21.3 Å². The van der Waals surface area contributed by atoms with Gasteiger partial charge in [0, 0.05) is 30.2 Å². The molecular formula is C17H20ClN3OS. The highest BCUT2D eigenvalue weighted by Gasteiger charge is 2.29. The quantitative estimate of drug-likeness (QED) is 0.573. The maximum Gasteiger partial charge on any atom is 0.167 e. The van der Waals surface area contributed by atoms with Crippen LogP contribution in [0.5, 0.6) is 0 Å². The molecule has 1 aromatic carbocycles. The van der Waals surface area contributed by atoms with Gasteiger partial charge in [0.15, 0.2) is 10.9 Å². The summed E-state index contributed by atoms with van der Waals surface area (Å²) < 4.78 is 5.57. The summed E-state index contributed by atoms with van der Waals surface area (Å²) in [5.41, 5.74) is 1.92. The van der Waals surface area contributed by atoms with E-state index in [0.29, 0.717) is 5.02 Å². The first-order chi connectivity index (χ1) is 11.2. The molecule has 122 valence electrons. The van der Waals surface area contributed by atoms with Gasteiger partial charge in [-0.2, -0.15) is 0 Å². The number of nitrogens with zero attached hydrogens (tertiary/aromatic N) is 3. The Balaban J connectivity index is 1.88. The summed E-state index contributed by atoms with van der Waals surface area (Å²) in [6.45, 7) is 1.01. The number of likely N-dealkylation sites (tertiary alicyclic amines) is 1. The summed E-state index contributed by atoms with van der Waals surface area (Å²) in [7, 11) is 1.84. The van der Waals surface area contributed by atoms with Crippen molar-refractivity contribution in [2.45, 2.75) is 25.3 Å². The summed E-state index contributed by atoms with van der Waals surface area (Å²) >= 11 is 7.74. The minimum atomic E-state index is 0.228. The van der Waals surface area contributed by atoms with Crippen LogP contribution in [0.25, 0.3) is 11.3 Å². The number of amidine groups is 1. The Labute approximate surface area is 145 Å². The van der Waals surface area contributed by atoms with Crippen LogP contribution in [0.15, 0.2) is 39.8 Å². The smallest absolute Gasteiger partial charge is 0.167 e. The van der Waals surface area contributed by atoms with Gasteiger partial charge in [0.2, 0.25) is 0 Å². The fourth-order valence-electron chi connectivity index (χ4n) is 3.03. The van der Waals surface area contributed by atoms with Gasteiger partial charge in [0.1, 0.15) is 5.69 Å². The first-order valence-corrected chi connectivity index (χ1v) is 9.33. The summed E-state index contributed by atoms with van der Waals surface area (Å²) in [6.07, 6.45) is 5.52. The second-order valence-corrected chi connectivity index (χ2v) is 6.75. The summed E-state index contributed by atoms with van der Waals surface area (Å²) in [4.78, 5) is 6.75. The molecule has 1 saturated heterocycles. The molecule has 3 rings (SSSR count). The minimum Gasteiger partial charge on any atom is -0.356 e. The fraction of sp³-hybridized carbons (Fsp3) is 0.412. The van der Waals surface area contributed by atoms with Crippen molar-refractivity contribution in [1.82, 2.24) is 10.1 Å². The molecule has 2 heterocycles. The van der Waals surface area contributed by atoms with Gasteiger partial charge in [0.05, 0.1) is 6.04 Å². The van der Waals surface area contributed by atoms with Crippen LogP contribution in [-0.4, -0.2) is 35.1 Å². The van der Waals surface area contributed by atoms with Gasteiger partial charge >= 0.3 is 0 Å². The van der Waals surface area contributed by atoms with E-state index in [4.69, 9.17) is 16.1 Å². The normalized spacial score (nSPS) is 19.2. The van der Waals surface area contributed by atoms with Gasteiger partial charge in [-0.1, -0.05) is 40.7 Å². The molecule has 0 saturated carbocycles. The van der Waals surface area contributed by atoms with Crippen LogP contribution < -0.4 is 0 Å². The molecule has 1 fully saturated rings. The molecule has 1 aliphatic heterocycles. The molecule has 1 aliphatic rings. The fourth-order valence-corrected chi connectivity index (χ4v) is 3.85. The topological polar surface area (TPSA) is 41.6 Å². The number of benzene rings is 1. The summed E-state index contributed by atoms with van der Waals surface area (Å²) in [6, 6.07) is 9.91. The lowest BCUT2D eigenvalue weighted by molar-refractivity contribution is 0.237. The number of rotatable bonds is 2. The van der Waals surface area contributed by atoms with Crippen molar-refractivity contribution in [3.05, 3.63) is 41.0 Å². The van der Waals surface area contributed by atoms with Gasteiger partial charge in [-0.25, -0.2) is 0 Å². The van der Waals surface area contributed by atoms with Crippen LogP contribution in [0.1, 0.15) is 31.0 Å². The minimum absolute atomic E-state index is 0.228. The highest BCUT2D eigenvalue weighted by Crippen LogP contribution is 2.34. The number of hydrogen-bond donors (Lipinski definition) is 0. The van der Waals surface area contributed by atoms with Gasteiger partial charge in [-0.05, 0) is 37.7 Å². The molecule has 0 amide bonds. The molecule has 1 unspecified atom stereocenters. The first-order valence-electron chi connectivity index (χ1n) is 7.73. The first kappa shape index (κ1) is 16.4. The lowest BCUT2D eigenvalue weighted by Crippen LogP contribution is -2.37. The third-order valence-corrected chi connectivity index (χ3v) is 5.12. The number of piperidine rings is 1. The zero-order chi connectivity index (χ0) is 16.2. The van der Waals surface area contributed by atoms with E-state index < -0.39 is 0 Å². The van der Waals surface area contributed by atoms with E-state index in [0.717, 1.165) is 35.2 Å². The molecule has 0 radical (unpaired) electrons. The second kappa shape index (κ2) is 7.41. The maximum atomic E-state index is 6.06. The average molecular weight is 350 g/mol. The Hall–Kier alpha value is -1.46. The van der Waals surface area contributed by atoms with Crippen LogP contribution in [0.4, 0.5) is 0 Å². The highest BCUT2D eigenvalue weighted by molar-refractivity contribution is 8.13. The standard InChI is InChI=1S/C17H20ClN3OS/c1-19-17(23-2)21-9-4-3-8-15(21)14-11-16(22-20-14)12-6-5-7-13(18)10-12/h5-7,10-11,15H,3-4,8-9H2,1-2H3/b19-17-. The van der Waals surface area contributed by atoms with Crippen LogP contribution >= 0.6 is 23.4 Å². The SMILES string of the molecule is C/N=C(\SC)N1CCCCC1c1cc(-c2cccc(Cl)c2)on1. The monoisotopic (exact) mass is 349 g/mol. The Kier molecular flexibility index (Phi) is 5.28. The van der Waals surface area contributed by atoms with Crippen molar-refractivity contribution in [2.75, 3.05) is 19.8 Å². The number of aromatic nitrogens is 1. The molecule has 0 bridgehead atoms. The molecule has 0 N–H and O–H groups in total. The van der Waals surface area contributed by atoms with Crippen LogP contribution in [0.2, 0.25) is 5.02 Å². The molecule has 4 nitrogen and oxygen atoms in total. The van der Waals surface area contributed by atoms with Gasteiger partial charge in [0.25, 0.3) is 0 Å². The van der Waals surface area contributed by atoms with Crippen molar-refractivity contribution in [3.63, 3.8) is 0 Å². The average Bonchev–Trinajstić information content (AvgIpc) is 3.06. The van der Waals surface area contributed by atoms with Crippen molar-refractivity contribution in [3.8, 4) is 11.3 Å². The van der Waals surface area contributed by atoms with E-state index in [9.17, 15) is 0 Å². The predicted octanol–water partition coefficient (Wildman–Crippen LogP) is 4.87. The van der Waals surface area contributed by atoms with Crippen molar-refractivity contribution >= 4 is 28.5 Å². The van der Waals surface area contributed by atoms with Crippen LogP contribution in [0, 0.1) is 0 Å². The molecule has 2 aromatic rings. The second-order valence-electron chi connectivity index (χ2n) is 5.54. The molecule has 23 heavy (non-hydrogen) atoms. The summed E-state index contributed by atoms with van der Waals surface area (Å²) in [5.74, 6) is 0.757. The number of aliphatic imine (C=N–C) groups is 1. The lowest BCUT2D eigenvalue weighted by Gasteiger charge is -2.36. The highest BCUT2D eigenvalue weighted by atomic mass is 35.5. The maximum absolute atomic E-state index is 6.06. The Morgan fingerprint density at radius 2 is 2.26 bits per heavy atom. The van der Waals surface area contributed by atoms with E-state index in [1.165, 1.54) is 12.8 Å². The molecule has 0 aliphatic carbocycles. The van der Waals surface area contributed by atoms with Gasteiger partial charge in [-0.15, -0.1) is 0 Å². The van der Waals surface area contributed by atoms with Crippen molar-refractivity contribution in [2.24, 2.45) is 4.99 Å². The van der Waals surface area contributed by atoms with Crippen LogP contribution in [0.3, 0.4) is 0 Å². The Morgan fingerprint density at radius 1 is 1.39 bits per heavy atom. The third-order valence-electron chi connectivity index (χ3n) is 4.10. The number of hydrogen-bond acceptors (Lipinski definition) is 4. The van der Waals surface area contributed by atoms with E-state index >= 15 is 0 Å². The summed E-state index contributed by atoms with van der Waals surface area (Å²) in [5, 5.41) is 6.08. The Bertz CT molecular complexity index is 701. The zero-order valence-corrected chi connectivity index (χ0v) is 14.9. The molecule has 0 spiro atoms. The van der Waals surface area contributed by atoms with Gasteiger partial charge < -0.3 is 9.42 Å². The third kappa shape index (κ3) is 3.56. The predicted molar refractivity (Wildman–Crippen MR) is 97.1 cm³/mol. The van der Waals surface area contributed by atoms with E-state index in [-0.39, 0.29) is 6.04 Å². The number of halogens is 1. The molecule has 6 heteroatoms. The largest absolute Gasteiger partial charge is 0.356 e. The van der Waals surface area contributed by atoms with E-state index in [1.807, 2.05) is 37.4 Å². The van der Waals surface area contributed by atoms with Crippen molar-refractivity contribution in [1.29, 1.82) is 0 Å². The zero-order valence-electron chi connectivity index (χ0n) is 13.3.